The van der Waals surface area contributed by atoms with E-state index in [1.165, 1.54) is 3.57 Å². The molecule has 2 heterocycles. The summed E-state index contributed by atoms with van der Waals surface area (Å²) >= 11 is 2.29. The number of halogens is 1. The molecule has 2 aromatic rings. The van der Waals surface area contributed by atoms with Gasteiger partial charge in [-0.2, -0.15) is 5.10 Å². The van der Waals surface area contributed by atoms with Crippen molar-refractivity contribution >= 4 is 22.6 Å². The molecule has 1 unspecified atom stereocenters. The van der Waals surface area contributed by atoms with E-state index >= 15 is 0 Å². The Morgan fingerprint density at radius 2 is 2.10 bits per heavy atom. The summed E-state index contributed by atoms with van der Waals surface area (Å²) in [6.07, 6.45) is 4.24. The summed E-state index contributed by atoms with van der Waals surface area (Å²) in [5, 5.41) is 4.54. The largest absolute Gasteiger partial charge is 0.370 e. The maximum atomic E-state index is 5.99. The third-order valence-electron chi connectivity index (χ3n) is 3.58. The van der Waals surface area contributed by atoms with Crippen molar-refractivity contribution < 1.29 is 4.74 Å². The number of hydrogen-bond donors (Lipinski definition) is 0. The highest BCUT2D eigenvalue weighted by Crippen LogP contribution is 2.30. The van der Waals surface area contributed by atoms with Crippen LogP contribution in [0.5, 0.6) is 0 Å². The van der Waals surface area contributed by atoms with Gasteiger partial charge in [-0.15, -0.1) is 0 Å². The fourth-order valence-electron chi connectivity index (χ4n) is 2.53. The number of aromatic nitrogens is 3. The summed E-state index contributed by atoms with van der Waals surface area (Å²) in [5.74, 6) is 0.777. The van der Waals surface area contributed by atoms with Crippen molar-refractivity contribution in [1.82, 2.24) is 14.8 Å². The van der Waals surface area contributed by atoms with Crippen LogP contribution in [0.1, 0.15) is 26.7 Å². The van der Waals surface area contributed by atoms with Crippen LogP contribution in [0.2, 0.25) is 0 Å². The highest BCUT2D eigenvalue weighted by atomic mass is 127. The second kappa shape index (κ2) is 5.44. The van der Waals surface area contributed by atoms with Crippen LogP contribution in [-0.4, -0.2) is 26.5 Å². The lowest BCUT2D eigenvalue weighted by Gasteiger charge is -2.18. The molecule has 106 valence electrons. The number of hydrogen-bond acceptors (Lipinski definition) is 3. The molecule has 1 aliphatic heterocycles. The molecule has 1 saturated heterocycles. The fraction of sp³-hybridized carbons (Fsp3) is 0.467. The lowest BCUT2D eigenvalue weighted by atomic mass is 10.1. The highest BCUT2D eigenvalue weighted by molar-refractivity contribution is 14.1. The van der Waals surface area contributed by atoms with E-state index in [-0.39, 0.29) is 11.7 Å². The zero-order chi connectivity index (χ0) is 14.2. The molecule has 4 nitrogen and oxygen atoms in total. The summed E-state index contributed by atoms with van der Waals surface area (Å²) in [4.78, 5) is 4.39. The van der Waals surface area contributed by atoms with Crippen molar-refractivity contribution in [2.45, 2.75) is 44.9 Å². The standard InChI is InChI=1S/C15H18IN3O/c1-15(2)8-7-13(20-15)9-19-10-17-14(18-19)11-3-5-12(16)6-4-11/h3-6,10,13H,7-9H2,1-2H3. The monoisotopic (exact) mass is 383 g/mol. The van der Waals surface area contributed by atoms with E-state index in [9.17, 15) is 0 Å². The summed E-state index contributed by atoms with van der Waals surface area (Å²) in [7, 11) is 0. The minimum absolute atomic E-state index is 0.00416. The highest BCUT2D eigenvalue weighted by Gasteiger charge is 2.31. The molecule has 1 aromatic heterocycles. The lowest BCUT2D eigenvalue weighted by Crippen LogP contribution is -2.23. The van der Waals surface area contributed by atoms with Crippen LogP contribution >= 0.6 is 22.6 Å². The molecule has 0 spiro atoms. The van der Waals surface area contributed by atoms with Crippen LogP contribution in [-0.2, 0) is 11.3 Å². The van der Waals surface area contributed by atoms with Crippen molar-refractivity contribution in [3.05, 3.63) is 34.2 Å². The Kier molecular flexibility index (Phi) is 3.81. The van der Waals surface area contributed by atoms with Gasteiger partial charge in [-0.25, -0.2) is 9.67 Å². The number of rotatable bonds is 3. The third kappa shape index (κ3) is 3.20. The van der Waals surface area contributed by atoms with E-state index in [2.05, 4.69) is 70.8 Å². The predicted octanol–water partition coefficient (Wildman–Crippen LogP) is 3.51. The zero-order valence-electron chi connectivity index (χ0n) is 11.7. The minimum atomic E-state index is 0.00416. The lowest BCUT2D eigenvalue weighted by molar-refractivity contribution is -0.0229. The molecule has 0 N–H and O–H groups in total. The molecular formula is C15H18IN3O. The molecule has 0 saturated carbocycles. The Bertz CT molecular complexity index is 591. The molecule has 1 atom stereocenters. The van der Waals surface area contributed by atoms with Gasteiger partial charge in [0.05, 0.1) is 18.2 Å². The first kappa shape index (κ1) is 14.0. The van der Waals surface area contributed by atoms with E-state index in [1.807, 2.05) is 4.68 Å². The van der Waals surface area contributed by atoms with E-state index in [0.29, 0.717) is 0 Å². The maximum absolute atomic E-state index is 5.99. The molecule has 20 heavy (non-hydrogen) atoms. The summed E-state index contributed by atoms with van der Waals surface area (Å²) in [6.45, 7) is 5.07. The molecule has 1 fully saturated rings. The van der Waals surface area contributed by atoms with Crippen molar-refractivity contribution in [2.24, 2.45) is 0 Å². The Labute approximate surface area is 132 Å². The molecular weight excluding hydrogens is 365 g/mol. The summed E-state index contributed by atoms with van der Waals surface area (Å²) in [5.41, 5.74) is 1.06. The number of ether oxygens (including phenoxy) is 1. The van der Waals surface area contributed by atoms with Gasteiger partial charge < -0.3 is 4.74 Å². The molecule has 1 aromatic carbocycles. The quantitative estimate of drug-likeness (QED) is 0.762. The maximum Gasteiger partial charge on any atom is 0.181 e. The Balaban J connectivity index is 1.70. The van der Waals surface area contributed by atoms with Gasteiger partial charge in [-0.05, 0) is 61.4 Å². The SMILES string of the molecule is CC1(C)CCC(Cn2cnc(-c3ccc(I)cc3)n2)O1. The molecule has 0 radical (unpaired) electrons. The Morgan fingerprint density at radius 3 is 2.75 bits per heavy atom. The molecule has 0 amide bonds. The van der Waals surface area contributed by atoms with Crippen molar-refractivity contribution in [3.63, 3.8) is 0 Å². The van der Waals surface area contributed by atoms with Crippen LogP contribution in [0.15, 0.2) is 30.6 Å². The smallest absolute Gasteiger partial charge is 0.181 e. The van der Waals surface area contributed by atoms with E-state index < -0.39 is 0 Å². The first-order valence-electron chi connectivity index (χ1n) is 6.85. The van der Waals surface area contributed by atoms with Gasteiger partial charge in [-0.1, -0.05) is 12.1 Å². The second-order valence-electron chi connectivity index (χ2n) is 5.84. The molecule has 5 heteroatoms. The van der Waals surface area contributed by atoms with Crippen molar-refractivity contribution in [1.29, 1.82) is 0 Å². The second-order valence-corrected chi connectivity index (χ2v) is 7.08. The summed E-state index contributed by atoms with van der Waals surface area (Å²) < 4.78 is 9.10. The number of nitrogens with zero attached hydrogens (tertiary/aromatic N) is 3. The van der Waals surface area contributed by atoms with Crippen LogP contribution in [0.3, 0.4) is 0 Å². The van der Waals surface area contributed by atoms with Gasteiger partial charge in [0.2, 0.25) is 0 Å². The van der Waals surface area contributed by atoms with Crippen LogP contribution in [0.4, 0.5) is 0 Å². The van der Waals surface area contributed by atoms with Gasteiger partial charge in [0.1, 0.15) is 6.33 Å². The van der Waals surface area contributed by atoms with E-state index in [0.717, 1.165) is 30.8 Å². The molecule has 1 aliphatic rings. The minimum Gasteiger partial charge on any atom is -0.370 e. The zero-order valence-corrected chi connectivity index (χ0v) is 13.9. The Morgan fingerprint density at radius 1 is 1.35 bits per heavy atom. The summed E-state index contributed by atoms with van der Waals surface area (Å²) in [6, 6.07) is 8.24. The normalized spacial score (nSPS) is 21.2. The first-order chi connectivity index (χ1) is 9.52. The van der Waals surface area contributed by atoms with E-state index in [4.69, 9.17) is 4.74 Å². The van der Waals surface area contributed by atoms with Gasteiger partial charge >= 0.3 is 0 Å². The van der Waals surface area contributed by atoms with Crippen LogP contribution < -0.4 is 0 Å². The first-order valence-corrected chi connectivity index (χ1v) is 7.93. The fourth-order valence-corrected chi connectivity index (χ4v) is 2.89. The van der Waals surface area contributed by atoms with Gasteiger partial charge in [0.25, 0.3) is 0 Å². The van der Waals surface area contributed by atoms with Gasteiger partial charge in [0.15, 0.2) is 5.82 Å². The average Bonchev–Trinajstić information content (AvgIpc) is 2.98. The van der Waals surface area contributed by atoms with Crippen LogP contribution in [0, 0.1) is 3.57 Å². The van der Waals surface area contributed by atoms with E-state index in [1.54, 1.807) is 6.33 Å². The van der Waals surface area contributed by atoms with Crippen LogP contribution in [0.25, 0.3) is 11.4 Å². The topological polar surface area (TPSA) is 39.9 Å². The van der Waals surface area contributed by atoms with Crippen molar-refractivity contribution in [3.8, 4) is 11.4 Å². The molecule has 0 bridgehead atoms. The average molecular weight is 383 g/mol. The molecule has 0 aliphatic carbocycles. The Hall–Kier alpha value is -0.950. The number of benzene rings is 1. The third-order valence-corrected chi connectivity index (χ3v) is 4.30. The van der Waals surface area contributed by atoms with Gasteiger partial charge in [-0.3, -0.25) is 0 Å². The van der Waals surface area contributed by atoms with Crippen molar-refractivity contribution in [2.75, 3.05) is 0 Å². The molecule has 3 rings (SSSR count). The predicted molar refractivity (Wildman–Crippen MR) is 86.4 cm³/mol. The van der Waals surface area contributed by atoms with Gasteiger partial charge in [0, 0.05) is 9.13 Å².